The molecule has 17 heavy (non-hydrogen) atoms. The number of amides is 1. The Morgan fingerprint density at radius 2 is 2.29 bits per heavy atom. The van der Waals surface area contributed by atoms with Gasteiger partial charge in [0.2, 0.25) is 5.91 Å². The van der Waals surface area contributed by atoms with Crippen molar-refractivity contribution in [1.82, 2.24) is 0 Å². The number of thioether (sulfide) groups is 1. The molecular formula is C11H15FN2O2S. The Kier molecular flexibility index (Phi) is 5.79. The molecule has 0 spiro atoms. The summed E-state index contributed by atoms with van der Waals surface area (Å²) in [5.74, 6) is 0.141. The second kappa shape index (κ2) is 7.13. The highest BCUT2D eigenvalue weighted by Crippen LogP contribution is 2.17. The molecule has 0 saturated heterocycles. The van der Waals surface area contributed by atoms with Crippen LogP contribution < -0.4 is 11.1 Å². The number of hydrogen-bond acceptors (Lipinski definition) is 4. The fourth-order valence-electron chi connectivity index (χ4n) is 1.16. The minimum Gasteiger partial charge on any atom is -0.399 e. The zero-order valence-electron chi connectivity index (χ0n) is 9.28. The first-order chi connectivity index (χ1) is 8.13. The van der Waals surface area contributed by atoms with Crippen LogP contribution in [0.15, 0.2) is 18.2 Å². The number of halogens is 1. The molecule has 0 atom stereocenters. The van der Waals surface area contributed by atoms with Crippen LogP contribution in [0.2, 0.25) is 0 Å². The number of carbonyl (C=O) groups is 1. The number of aliphatic hydroxyl groups excluding tert-OH is 1. The van der Waals surface area contributed by atoms with Crippen LogP contribution in [0.1, 0.15) is 6.42 Å². The van der Waals surface area contributed by atoms with Gasteiger partial charge in [-0.3, -0.25) is 4.79 Å². The zero-order valence-corrected chi connectivity index (χ0v) is 10.1. The number of hydrogen-bond donors (Lipinski definition) is 3. The van der Waals surface area contributed by atoms with Gasteiger partial charge in [-0.15, -0.1) is 0 Å². The van der Waals surface area contributed by atoms with Gasteiger partial charge in [-0.2, -0.15) is 11.8 Å². The quantitative estimate of drug-likeness (QED) is 0.533. The molecule has 6 heteroatoms. The first kappa shape index (κ1) is 13.8. The van der Waals surface area contributed by atoms with E-state index < -0.39 is 5.82 Å². The van der Waals surface area contributed by atoms with E-state index in [1.807, 2.05) is 0 Å². The van der Waals surface area contributed by atoms with Gasteiger partial charge in [0, 0.05) is 12.3 Å². The maximum absolute atomic E-state index is 13.3. The molecule has 0 fully saturated rings. The summed E-state index contributed by atoms with van der Waals surface area (Å²) < 4.78 is 13.3. The van der Waals surface area contributed by atoms with Gasteiger partial charge in [0.25, 0.3) is 0 Å². The molecule has 0 aliphatic rings. The standard InChI is InChI=1S/C11H15FN2O2S/c12-9-3-2-8(13)6-10(9)14-11(16)7-17-5-1-4-15/h2-3,6,15H,1,4-5,7,13H2,(H,14,16). The summed E-state index contributed by atoms with van der Waals surface area (Å²) in [6.45, 7) is 0.110. The molecule has 0 aromatic heterocycles. The average Bonchev–Trinajstić information content (AvgIpc) is 2.29. The van der Waals surface area contributed by atoms with E-state index in [1.165, 1.54) is 30.0 Å². The summed E-state index contributed by atoms with van der Waals surface area (Å²) in [5, 5.41) is 11.0. The third kappa shape index (κ3) is 5.06. The molecule has 4 nitrogen and oxygen atoms in total. The number of nitrogen functional groups attached to an aromatic ring is 1. The van der Waals surface area contributed by atoms with Crippen molar-refractivity contribution in [3.8, 4) is 0 Å². The lowest BCUT2D eigenvalue weighted by atomic mass is 10.2. The summed E-state index contributed by atoms with van der Waals surface area (Å²) in [6, 6.07) is 4.02. The molecule has 0 aliphatic heterocycles. The van der Waals surface area contributed by atoms with Crippen LogP contribution in [-0.4, -0.2) is 29.1 Å². The van der Waals surface area contributed by atoms with E-state index in [-0.39, 0.29) is 24.0 Å². The topological polar surface area (TPSA) is 75.3 Å². The molecule has 0 aliphatic carbocycles. The molecule has 0 heterocycles. The Bertz CT molecular complexity index is 388. The Labute approximate surface area is 103 Å². The van der Waals surface area contributed by atoms with Gasteiger partial charge in [-0.05, 0) is 30.4 Å². The number of nitrogens with one attached hydrogen (secondary N) is 1. The lowest BCUT2D eigenvalue weighted by Gasteiger charge is -2.06. The van der Waals surface area contributed by atoms with Gasteiger partial charge in [0.15, 0.2) is 0 Å². The van der Waals surface area contributed by atoms with E-state index in [0.717, 1.165) is 0 Å². The molecular weight excluding hydrogens is 243 g/mol. The lowest BCUT2D eigenvalue weighted by molar-refractivity contribution is -0.113. The Balaban J connectivity index is 2.42. The third-order valence-electron chi connectivity index (χ3n) is 1.94. The van der Waals surface area contributed by atoms with Gasteiger partial charge < -0.3 is 16.2 Å². The summed E-state index contributed by atoms with van der Waals surface area (Å²) in [6.07, 6.45) is 0.643. The van der Waals surface area contributed by atoms with Crippen LogP contribution in [-0.2, 0) is 4.79 Å². The number of anilines is 2. The lowest BCUT2D eigenvalue weighted by Crippen LogP contribution is -2.15. The van der Waals surface area contributed by atoms with E-state index in [9.17, 15) is 9.18 Å². The highest BCUT2D eigenvalue weighted by molar-refractivity contribution is 7.99. The van der Waals surface area contributed by atoms with Crippen LogP contribution in [0.3, 0.4) is 0 Å². The van der Waals surface area contributed by atoms with Crippen molar-refractivity contribution < 1.29 is 14.3 Å². The average molecular weight is 258 g/mol. The second-order valence-corrected chi connectivity index (χ2v) is 4.52. The molecule has 1 aromatic rings. The van der Waals surface area contributed by atoms with Crippen molar-refractivity contribution in [3.63, 3.8) is 0 Å². The maximum Gasteiger partial charge on any atom is 0.234 e. The minimum atomic E-state index is -0.507. The largest absolute Gasteiger partial charge is 0.399 e. The van der Waals surface area contributed by atoms with E-state index in [2.05, 4.69) is 5.32 Å². The SMILES string of the molecule is Nc1ccc(F)c(NC(=O)CSCCCO)c1. The molecule has 1 aromatic carbocycles. The monoisotopic (exact) mass is 258 g/mol. The highest BCUT2D eigenvalue weighted by atomic mass is 32.2. The maximum atomic E-state index is 13.3. The van der Waals surface area contributed by atoms with Crippen molar-refractivity contribution in [1.29, 1.82) is 0 Å². The summed E-state index contributed by atoms with van der Waals surface area (Å²) in [7, 11) is 0. The number of nitrogens with two attached hydrogens (primary N) is 1. The number of aliphatic hydroxyl groups is 1. The molecule has 0 radical (unpaired) electrons. The molecule has 1 rings (SSSR count). The van der Waals surface area contributed by atoms with E-state index in [4.69, 9.17) is 10.8 Å². The predicted octanol–water partition coefficient (Wildman–Crippen LogP) is 1.46. The number of rotatable bonds is 6. The van der Waals surface area contributed by atoms with E-state index in [0.29, 0.717) is 17.9 Å². The molecule has 1 amide bonds. The van der Waals surface area contributed by atoms with Crippen molar-refractivity contribution in [3.05, 3.63) is 24.0 Å². The smallest absolute Gasteiger partial charge is 0.234 e. The van der Waals surface area contributed by atoms with E-state index in [1.54, 1.807) is 0 Å². The second-order valence-electron chi connectivity index (χ2n) is 3.42. The Hall–Kier alpha value is -1.27. The Morgan fingerprint density at radius 1 is 1.53 bits per heavy atom. The first-order valence-electron chi connectivity index (χ1n) is 5.17. The van der Waals surface area contributed by atoms with Crippen LogP contribution in [0, 0.1) is 5.82 Å². The van der Waals surface area contributed by atoms with Crippen molar-refractivity contribution >= 4 is 29.0 Å². The van der Waals surface area contributed by atoms with Crippen LogP contribution in [0.4, 0.5) is 15.8 Å². The fourth-order valence-corrected chi connectivity index (χ4v) is 1.89. The van der Waals surface area contributed by atoms with Gasteiger partial charge in [-0.1, -0.05) is 0 Å². The number of carbonyl (C=O) groups excluding carboxylic acids is 1. The zero-order chi connectivity index (χ0) is 12.7. The number of benzene rings is 1. The molecule has 0 unspecified atom stereocenters. The van der Waals surface area contributed by atoms with Gasteiger partial charge in [-0.25, -0.2) is 4.39 Å². The predicted molar refractivity (Wildman–Crippen MR) is 68.5 cm³/mol. The third-order valence-corrected chi connectivity index (χ3v) is 2.99. The minimum absolute atomic E-state index is 0.0951. The molecule has 94 valence electrons. The van der Waals surface area contributed by atoms with Gasteiger partial charge >= 0.3 is 0 Å². The van der Waals surface area contributed by atoms with Crippen molar-refractivity contribution in [2.24, 2.45) is 0 Å². The van der Waals surface area contributed by atoms with E-state index >= 15 is 0 Å². The van der Waals surface area contributed by atoms with Crippen LogP contribution in [0.5, 0.6) is 0 Å². The van der Waals surface area contributed by atoms with Gasteiger partial charge in [0.05, 0.1) is 11.4 Å². The summed E-state index contributed by atoms with van der Waals surface area (Å²) in [5.41, 5.74) is 5.98. The molecule has 0 bridgehead atoms. The van der Waals surface area contributed by atoms with Crippen LogP contribution in [0.25, 0.3) is 0 Å². The normalized spacial score (nSPS) is 10.2. The Morgan fingerprint density at radius 3 is 3.00 bits per heavy atom. The summed E-state index contributed by atoms with van der Waals surface area (Å²) >= 11 is 1.39. The first-order valence-corrected chi connectivity index (χ1v) is 6.32. The molecule has 4 N–H and O–H groups in total. The fraction of sp³-hybridized carbons (Fsp3) is 0.364. The molecule has 0 saturated carbocycles. The van der Waals surface area contributed by atoms with Crippen molar-refractivity contribution in [2.75, 3.05) is 29.2 Å². The van der Waals surface area contributed by atoms with Crippen molar-refractivity contribution in [2.45, 2.75) is 6.42 Å². The van der Waals surface area contributed by atoms with Crippen LogP contribution >= 0.6 is 11.8 Å². The van der Waals surface area contributed by atoms with Gasteiger partial charge in [0.1, 0.15) is 5.82 Å². The summed E-state index contributed by atoms with van der Waals surface area (Å²) in [4.78, 5) is 11.4. The highest BCUT2D eigenvalue weighted by Gasteiger charge is 2.07.